The third-order valence-electron chi connectivity index (χ3n) is 3.68. The van der Waals surface area contributed by atoms with Crippen molar-refractivity contribution in [3.8, 4) is 0 Å². The van der Waals surface area contributed by atoms with Crippen molar-refractivity contribution in [3.63, 3.8) is 0 Å². The number of hydrogen-bond donors (Lipinski definition) is 2. The molecule has 1 saturated heterocycles. The Morgan fingerprint density at radius 1 is 1.30 bits per heavy atom. The SMILES string of the molecule is C[C@H]1C[NH+]([C@@H](C)C(=O)Nc2ccc(Cl)cc2)C[C@H](C)O1. The summed E-state index contributed by atoms with van der Waals surface area (Å²) in [7, 11) is 0. The highest BCUT2D eigenvalue weighted by Crippen LogP contribution is 2.13. The lowest BCUT2D eigenvalue weighted by Gasteiger charge is -2.35. The second-order valence-corrected chi connectivity index (χ2v) is 5.98. The molecule has 5 heteroatoms. The zero-order chi connectivity index (χ0) is 14.7. The lowest BCUT2D eigenvalue weighted by molar-refractivity contribution is -0.928. The highest BCUT2D eigenvalue weighted by molar-refractivity contribution is 6.30. The van der Waals surface area contributed by atoms with Crippen LogP contribution in [0.4, 0.5) is 5.69 Å². The zero-order valence-corrected chi connectivity index (χ0v) is 12.9. The molecule has 0 aromatic heterocycles. The molecule has 0 radical (unpaired) electrons. The molecule has 0 aliphatic carbocycles. The van der Waals surface area contributed by atoms with E-state index in [1.807, 2.05) is 19.1 Å². The van der Waals surface area contributed by atoms with Gasteiger partial charge in [-0.2, -0.15) is 0 Å². The van der Waals surface area contributed by atoms with Crippen LogP contribution < -0.4 is 10.2 Å². The Bertz CT molecular complexity index is 453. The number of halogens is 1. The van der Waals surface area contributed by atoms with Gasteiger partial charge in [-0.05, 0) is 45.0 Å². The molecule has 1 aliphatic heterocycles. The summed E-state index contributed by atoms with van der Waals surface area (Å²) in [5.74, 6) is 0.0311. The van der Waals surface area contributed by atoms with Crippen LogP contribution in [0.3, 0.4) is 0 Å². The van der Waals surface area contributed by atoms with Gasteiger partial charge in [0.15, 0.2) is 6.04 Å². The molecule has 0 spiro atoms. The molecule has 0 unspecified atom stereocenters. The van der Waals surface area contributed by atoms with Crippen LogP contribution in [-0.2, 0) is 9.53 Å². The van der Waals surface area contributed by atoms with E-state index in [9.17, 15) is 4.79 Å². The predicted molar refractivity (Wildman–Crippen MR) is 80.2 cm³/mol. The summed E-state index contributed by atoms with van der Waals surface area (Å²) in [6.07, 6.45) is 0.388. The lowest BCUT2D eigenvalue weighted by Crippen LogP contribution is -3.19. The van der Waals surface area contributed by atoms with Crippen molar-refractivity contribution in [2.45, 2.75) is 39.0 Å². The molecule has 2 rings (SSSR count). The van der Waals surface area contributed by atoms with Crippen LogP contribution in [0.15, 0.2) is 24.3 Å². The van der Waals surface area contributed by atoms with Gasteiger partial charge in [-0.3, -0.25) is 4.79 Å². The Balaban J connectivity index is 1.96. The van der Waals surface area contributed by atoms with E-state index in [-0.39, 0.29) is 24.2 Å². The summed E-state index contributed by atoms with van der Waals surface area (Å²) in [6, 6.07) is 7.07. The molecular formula is C15H22ClN2O2+. The third kappa shape index (κ3) is 3.95. The van der Waals surface area contributed by atoms with Gasteiger partial charge in [0.05, 0.1) is 0 Å². The minimum atomic E-state index is -0.0977. The fraction of sp³-hybridized carbons (Fsp3) is 0.533. The van der Waals surface area contributed by atoms with Crippen LogP contribution in [0, 0.1) is 0 Å². The molecule has 1 aliphatic rings. The van der Waals surface area contributed by atoms with E-state index in [1.165, 1.54) is 4.90 Å². The van der Waals surface area contributed by atoms with Crippen LogP contribution in [-0.4, -0.2) is 37.2 Å². The molecule has 110 valence electrons. The van der Waals surface area contributed by atoms with Gasteiger partial charge in [-0.15, -0.1) is 0 Å². The van der Waals surface area contributed by atoms with E-state index in [0.29, 0.717) is 5.02 Å². The number of ether oxygens (including phenoxy) is 1. The van der Waals surface area contributed by atoms with Gasteiger partial charge in [0.1, 0.15) is 25.3 Å². The molecule has 0 bridgehead atoms. The molecule has 1 heterocycles. The minimum absolute atomic E-state index is 0.0311. The van der Waals surface area contributed by atoms with Crippen LogP contribution in [0.25, 0.3) is 0 Å². The number of nitrogens with one attached hydrogen (secondary N) is 2. The van der Waals surface area contributed by atoms with Gasteiger partial charge in [-0.1, -0.05) is 11.6 Å². The summed E-state index contributed by atoms with van der Waals surface area (Å²) in [5, 5.41) is 3.60. The standard InChI is InChI=1S/C15H21ClN2O2/c1-10-8-18(9-11(2)20-10)12(3)15(19)17-14-6-4-13(16)5-7-14/h4-7,10-12H,8-9H2,1-3H3,(H,17,19)/p+1/t10-,11-,12-/m0/s1. The number of rotatable bonds is 3. The van der Waals surface area contributed by atoms with Gasteiger partial charge in [-0.25, -0.2) is 0 Å². The van der Waals surface area contributed by atoms with E-state index in [0.717, 1.165) is 18.8 Å². The minimum Gasteiger partial charge on any atom is -0.364 e. The first-order valence-electron chi connectivity index (χ1n) is 7.02. The van der Waals surface area contributed by atoms with Crippen LogP contribution in [0.1, 0.15) is 20.8 Å². The van der Waals surface area contributed by atoms with Crippen molar-refractivity contribution in [1.29, 1.82) is 0 Å². The first kappa shape index (κ1) is 15.3. The number of carbonyl (C=O) groups excluding carboxylic acids is 1. The van der Waals surface area contributed by atoms with Gasteiger partial charge in [0.25, 0.3) is 5.91 Å². The highest BCUT2D eigenvalue weighted by atomic mass is 35.5. The molecule has 1 aromatic carbocycles. The third-order valence-corrected chi connectivity index (χ3v) is 3.93. The quantitative estimate of drug-likeness (QED) is 0.885. The summed E-state index contributed by atoms with van der Waals surface area (Å²) in [4.78, 5) is 13.6. The maximum Gasteiger partial charge on any atom is 0.282 e. The van der Waals surface area contributed by atoms with Gasteiger partial charge >= 0.3 is 0 Å². The largest absolute Gasteiger partial charge is 0.364 e. The van der Waals surface area contributed by atoms with Gasteiger partial charge in [0, 0.05) is 10.7 Å². The topological polar surface area (TPSA) is 42.8 Å². The zero-order valence-electron chi connectivity index (χ0n) is 12.2. The van der Waals surface area contributed by atoms with Crippen molar-refractivity contribution in [1.82, 2.24) is 0 Å². The Morgan fingerprint density at radius 2 is 1.85 bits per heavy atom. The first-order valence-corrected chi connectivity index (χ1v) is 7.40. The molecule has 2 N–H and O–H groups in total. The average Bonchev–Trinajstić information content (AvgIpc) is 2.39. The highest BCUT2D eigenvalue weighted by Gasteiger charge is 2.32. The molecule has 20 heavy (non-hydrogen) atoms. The lowest BCUT2D eigenvalue weighted by atomic mass is 10.1. The summed E-state index contributed by atoms with van der Waals surface area (Å²) in [6.45, 7) is 7.80. The Kier molecular flexibility index (Phi) is 5.02. The number of carbonyl (C=O) groups is 1. The number of morpholine rings is 1. The van der Waals surface area contributed by atoms with Crippen molar-refractivity contribution in [2.24, 2.45) is 0 Å². The monoisotopic (exact) mass is 297 g/mol. The van der Waals surface area contributed by atoms with E-state index >= 15 is 0 Å². The maximum atomic E-state index is 12.3. The van der Waals surface area contributed by atoms with Crippen molar-refractivity contribution in [3.05, 3.63) is 29.3 Å². The summed E-state index contributed by atoms with van der Waals surface area (Å²) >= 11 is 5.83. The number of quaternary nitrogens is 1. The van der Waals surface area contributed by atoms with E-state index < -0.39 is 0 Å². The van der Waals surface area contributed by atoms with Crippen molar-refractivity contribution in [2.75, 3.05) is 18.4 Å². The van der Waals surface area contributed by atoms with E-state index in [1.54, 1.807) is 12.1 Å². The Hall–Kier alpha value is -1.10. The second-order valence-electron chi connectivity index (χ2n) is 5.54. The normalized spacial score (nSPS) is 27.9. The number of amides is 1. The fourth-order valence-electron chi connectivity index (χ4n) is 2.64. The Labute approximate surface area is 125 Å². The first-order chi connectivity index (χ1) is 9.45. The maximum absolute atomic E-state index is 12.3. The molecule has 3 atom stereocenters. The molecule has 0 saturated carbocycles. The van der Waals surface area contributed by atoms with Crippen molar-refractivity contribution < 1.29 is 14.4 Å². The molecule has 1 aromatic rings. The van der Waals surface area contributed by atoms with E-state index in [4.69, 9.17) is 16.3 Å². The molecular weight excluding hydrogens is 276 g/mol. The Morgan fingerprint density at radius 3 is 2.40 bits per heavy atom. The number of hydrogen-bond acceptors (Lipinski definition) is 2. The van der Waals surface area contributed by atoms with Gasteiger partial charge < -0.3 is 15.0 Å². The fourth-order valence-corrected chi connectivity index (χ4v) is 2.76. The second kappa shape index (κ2) is 6.57. The van der Waals surface area contributed by atoms with Gasteiger partial charge in [0.2, 0.25) is 0 Å². The summed E-state index contributed by atoms with van der Waals surface area (Å²) in [5.41, 5.74) is 0.778. The van der Waals surface area contributed by atoms with E-state index in [2.05, 4.69) is 19.2 Å². The average molecular weight is 298 g/mol. The number of benzene rings is 1. The summed E-state index contributed by atoms with van der Waals surface area (Å²) < 4.78 is 5.71. The smallest absolute Gasteiger partial charge is 0.282 e. The van der Waals surface area contributed by atoms with Crippen molar-refractivity contribution >= 4 is 23.2 Å². The number of anilines is 1. The predicted octanol–water partition coefficient (Wildman–Crippen LogP) is 1.36. The van der Waals surface area contributed by atoms with Crippen LogP contribution in [0.2, 0.25) is 5.02 Å². The van der Waals surface area contributed by atoms with Crippen LogP contribution >= 0.6 is 11.6 Å². The molecule has 1 amide bonds. The molecule has 1 fully saturated rings. The van der Waals surface area contributed by atoms with Crippen LogP contribution in [0.5, 0.6) is 0 Å². The molecule has 4 nitrogen and oxygen atoms in total.